The van der Waals surface area contributed by atoms with Gasteiger partial charge in [0, 0.05) is 71.7 Å². The van der Waals surface area contributed by atoms with Crippen LogP contribution in [0.3, 0.4) is 0 Å². The van der Waals surface area contributed by atoms with Gasteiger partial charge in [-0.25, -0.2) is 4.98 Å². The van der Waals surface area contributed by atoms with E-state index in [1.54, 1.807) is 11.8 Å². The fraction of sp³-hybridized carbons (Fsp3) is 0.158. The summed E-state index contributed by atoms with van der Waals surface area (Å²) < 4.78 is 1.81. The molecule has 0 aliphatic rings. The van der Waals surface area contributed by atoms with E-state index in [-0.39, 0.29) is 0 Å². The van der Waals surface area contributed by atoms with Crippen LogP contribution in [0.1, 0.15) is 0 Å². The molecular weight excluding hydrogens is 330 g/mol. The molecule has 0 bridgehead atoms. The first-order valence-corrected chi connectivity index (χ1v) is 8.83. The molecule has 6 heteroatoms. The summed E-state index contributed by atoms with van der Waals surface area (Å²) in [5, 5.41) is 5.38. The summed E-state index contributed by atoms with van der Waals surface area (Å²) in [4.78, 5) is 12.2. The molecular formula is C19H19N5S. The van der Waals surface area contributed by atoms with Gasteiger partial charge >= 0.3 is 0 Å². The van der Waals surface area contributed by atoms with E-state index < -0.39 is 0 Å². The first kappa shape index (κ1) is 15.8. The number of pyridine rings is 1. The van der Waals surface area contributed by atoms with Gasteiger partial charge in [-0.2, -0.15) is 5.10 Å². The zero-order chi connectivity index (χ0) is 17.4. The average molecular weight is 349 g/mol. The Morgan fingerprint density at radius 2 is 2.00 bits per heavy atom. The van der Waals surface area contributed by atoms with Gasteiger partial charge in [0.2, 0.25) is 0 Å². The maximum absolute atomic E-state index is 4.57. The second-order valence-corrected chi connectivity index (χ2v) is 7.31. The molecule has 1 aromatic carbocycles. The van der Waals surface area contributed by atoms with Crippen LogP contribution in [0.25, 0.3) is 22.2 Å². The lowest BCUT2D eigenvalue weighted by Gasteiger charge is -2.13. The number of fused-ring (bicyclic) bond motifs is 1. The summed E-state index contributed by atoms with van der Waals surface area (Å²) in [6.45, 7) is 0. The topological polar surface area (TPSA) is 49.7 Å². The van der Waals surface area contributed by atoms with Gasteiger partial charge in [-0.3, -0.25) is 4.68 Å². The van der Waals surface area contributed by atoms with E-state index >= 15 is 0 Å². The van der Waals surface area contributed by atoms with Crippen molar-refractivity contribution in [3.8, 4) is 11.1 Å². The number of aromatic amines is 1. The highest BCUT2D eigenvalue weighted by Gasteiger charge is 2.10. The lowest BCUT2D eigenvalue weighted by atomic mass is 10.1. The summed E-state index contributed by atoms with van der Waals surface area (Å²) in [6.07, 6.45) is 7.81. The molecule has 0 amide bonds. The van der Waals surface area contributed by atoms with E-state index in [0.29, 0.717) is 0 Å². The van der Waals surface area contributed by atoms with Crippen LogP contribution in [0.2, 0.25) is 0 Å². The number of H-pyrrole nitrogens is 1. The van der Waals surface area contributed by atoms with Gasteiger partial charge in [-0.05, 0) is 24.3 Å². The smallest absolute Gasteiger partial charge is 0.137 e. The third kappa shape index (κ3) is 3.13. The maximum atomic E-state index is 4.57. The van der Waals surface area contributed by atoms with Crippen LogP contribution in [0.4, 0.5) is 5.69 Å². The number of aryl methyl sites for hydroxylation is 1. The van der Waals surface area contributed by atoms with Crippen molar-refractivity contribution >= 4 is 28.5 Å². The molecule has 3 aromatic heterocycles. The zero-order valence-electron chi connectivity index (χ0n) is 14.4. The number of benzene rings is 1. The Morgan fingerprint density at radius 1 is 1.12 bits per heavy atom. The highest BCUT2D eigenvalue weighted by molar-refractivity contribution is 7.99. The predicted molar refractivity (Wildman–Crippen MR) is 103 cm³/mol. The molecule has 1 N–H and O–H groups in total. The maximum Gasteiger partial charge on any atom is 0.137 e. The third-order valence-electron chi connectivity index (χ3n) is 4.09. The van der Waals surface area contributed by atoms with Crippen LogP contribution in [-0.2, 0) is 7.05 Å². The second-order valence-electron chi connectivity index (χ2n) is 6.17. The number of hydrogen-bond acceptors (Lipinski definition) is 4. The van der Waals surface area contributed by atoms with Crippen LogP contribution in [0, 0.1) is 0 Å². The molecule has 0 fully saturated rings. The molecule has 25 heavy (non-hydrogen) atoms. The van der Waals surface area contributed by atoms with Crippen molar-refractivity contribution in [3.63, 3.8) is 0 Å². The van der Waals surface area contributed by atoms with Gasteiger partial charge in [0.25, 0.3) is 0 Å². The quantitative estimate of drug-likeness (QED) is 0.600. The van der Waals surface area contributed by atoms with Crippen molar-refractivity contribution in [3.05, 3.63) is 55.1 Å². The number of aromatic nitrogens is 4. The Balaban J connectivity index is 1.70. The van der Waals surface area contributed by atoms with Gasteiger partial charge in [-0.1, -0.05) is 17.8 Å². The van der Waals surface area contributed by atoms with Gasteiger partial charge in [0.15, 0.2) is 0 Å². The standard InChI is InChI=1S/C19H19N5S/c1-23(2)14-5-4-6-15(7-14)25-16-8-17-18(11-21-19(17)20-10-16)13-9-22-24(3)12-13/h4-12H,1-3H3,(H,20,21). The van der Waals surface area contributed by atoms with Crippen LogP contribution in [0.5, 0.6) is 0 Å². The van der Waals surface area contributed by atoms with Crippen molar-refractivity contribution in [1.82, 2.24) is 19.7 Å². The Kier molecular flexibility index (Phi) is 3.97. The predicted octanol–water partition coefficient (Wildman–Crippen LogP) is 4.18. The first-order valence-electron chi connectivity index (χ1n) is 8.01. The lowest BCUT2D eigenvalue weighted by molar-refractivity contribution is 0.768. The molecule has 0 saturated carbocycles. The van der Waals surface area contributed by atoms with Gasteiger partial charge in [-0.15, -0.1) is 0 Å². The first-order chi connectivity index (χ1) is 12.1. The third-order valence-corrected chi connectivity index (χ3v) is 5.04. The molecule has 0 radical (unpaired) electrons. The number of nitrogens with zero attached hydrogens (tertiary/aromatic N) is 4. The normalized spacial score (nSPS) is 11.2. The minimum atomic E-state index is 0.894. The van der Waals surface area contributed by atoms with Crippen molar-refractivity contribution in [1.29, 1.82) is 0 Å². The lowest BCUT2D eigenvalue weighted by Crippen LogP contribution is -2.08. The van der Waals surface area contributed by atoms with Gasteiger partial charge < -0.3 is 9.88 Å². The van der Waals surface area contributed by atoms with Crippen LogP contribution < -0.4 is 4.90 Å². The fourth-order valence-corrected chi connectivity index (χ4v) is 3.68. The van der Waals surface area contributed by atoms with E-state index in [1.807, 2.05) is 36.5 Å². The second kappa shape index (κ2) is 6.29. The molecule has 0 aliphatic heterocycles. The molecule has 5 nitrogen and oxygen atoms in total. The Hall–Kier alpha value is -2.73. The summed E-state index contributed by atoms with van der Waals surface area (Å²) in [5.74, 6) is 0. The Morgan fingerprint density at radius 3 is 2.76 bits per heavy atom. The molecule has 0 spiro atoms. The Labute approximate surface area is 150 Å². The van der Waals surface area contributed by atoms with E-state index in [2.05, 4.69) is 64.4 Å². The fourth-order valence-electron chi connectivity index (χ4n) is 2.80. The Bertz CT molecular complexity index is 1030. The van der Waals surface area contributed by atoms with Crippen molar-refractivity contribution in [2.45, 2.75) is 9.79 Å². The molecule has 0 aliphatic carbocycles. The van der Waals surface area contributed by atoms with Crippen molar-refractivity contribution < 1.29 is 0 Å². The molecule has 0 saturated heterocycles. The average Bonchev–Trinajstić information content (AvgIpc) is 3.20. The summed E-state index contributed by atoms with van der Waals surface area (Å²) in [5.41, 5.74) is 4.30. The molecule has 4 aromatic rings. The molecule has 3 heterocycles. The zero-order valence-corrected chi connectivity index (χ0v) is 15.2. The van der Waals surface area contributed by atoms with E-state index in [9.17, 15) is 0 Å². The molecule has 126 valence electrons. The van der Waals surface area contributed by atoms with Crippen LogP contribution >= 0.6 is 11.8 Å². The van der Waals surface area contributed by atoms with Gasteiger partial charge in [0.1, 0.15) is 5.65 Å². The molecule has 0 atom stereocenters. The number of nitrogens with one attached hydrogen (secondary N) is 1. The van der Waals surface area contributed by atoms with E-state index in [1.165, 1.54) is 10.6 Å². The minimum Gasteiger partial charge on any atom is -0.378 e. The highest BCUT2D eigenvalue weighted by Crippen LogP contribution is 2.34. The van der Waals surface area contributed by atoms with Crippen molar-refractivity contribution in [2.75, 3.05) is 19.0 Å². The van der Waals surface area contributed by atoms with E-state index in [0.717, 1.165) is 27.1 Å². The summed E-state index contributed by atoms with van der Waals surface area (Å²) >= 11 is 1.72. The molecule has 4 rings (SSSR count). The minimum absolute atomic E-state index is 0.894. The largest absolute Gasteiger partial charge is 0.378 e. The van der Waals surface area contributed by atoms with Crippen LogP contribution in [0.15, 0.2) is 64.9 Å². The van der Waals surface area contributed by atoms with Crippen LogP contribution in [-0.4, -0.2) is 33.8 Å². The number of anilines is 1. The summed E-state index contributed by atoms with van der Waals surface area (Å²) in [7, 11) is 6.03. The SMILES string of the molecule is CN(C)c1cccc(Sc2cnc3[nH]cc(-c4cnn(C)c4)c3c2)c1. The number of hydrogen-bond donors (Lipinski definition) is 1. The van der Waals surface area contributed by atoms with Crippen molar-refractivity contribution in [2.24, 2.45) is 7.05 Å². The van der Waals surface area contributed by atoms with E-state index in [4.69, 9.17) is 0 Å². The number of rotatable bonds is 4. The molecule has 0 unspecified atom stereocenters. The highest BCUT2D eigenvalue weighted by atomic mass is 32.2. The summed E-state index contributed by atoms with van der Waals surface area (Å²) in [6, 6.07) is 10.7. The monoisotopic (exact) mass is 349 g/mol. The van der Waals surface area contributed by atoms with Gasteiger partial charge in [0.05, 0.1) is 6.20 Å².